The highest BCUT2D eigenvalue weighted by Crippen LogP contribution is 2.38. The number of anilines is 1. The molecule has 1 amide bonds. The van der Waals surface area contributed by atoms with Crippen molar-refractivity contribution in [1.82, 2.24) is 14.8 Å². The number of amides is 1. The van der Waals surface area contributed by atoms with E-state index in [-0.39, 0.29) is 15.5 Å². The normalized spacial score (nSPS) is 20.2. The first kappa shape index (κ1) is 24.3. The number of aromatic nitrogens is 1. The molecule has 0 spiro atoms. The van der Waals surface area contributed by atoms with Crippen LogP contribution in [0.2, 0.25) is 5.15 Å². The second-order valence-corrected chi connectivity index (χ2v) is 11.4. The van der Waals surface area contributed by atoms with Crippen molar-refractivity contribution in [3.63, 3.8) is 0 Å². The zero-order valence-electron chi connectivity index (χ0n) is 18.7. The van der Waals surface area contributed by atoms with Crippen molar-refractivity contribution in [3.05, 3.63) is 53.3 Å². The molecule has 1 aromatic heterocycles. The largest absolute Gasteiger partial charge is 0.465 e. The first-order chi connectivity index (χ1) is 14.8. The molecule has 0 bridgehead atoms. The molecule has 1 aliphatic heterocycles. The summed E-state index contributed by atoms with van der Waals surface area (Å²) in [5, 5.41) is 9.90. The van der Waals surface area contributed by atoms with Crippen molar-refractivity contribution >= 4 is 33.4 Å². The van der Waals surface area contributed by atoms with Crippen LogP contribution >= 0.6 is 11.6 Å². The number of nitrogens with one attached hydrogen (secondary N) is 1. The van der Waals surface area contributed by atoms with Gasteiger partial charge in [-0.15, -0.1) is 0 Å². The number of rotatable bonds is 5. The minimum atomic E-state index is -3.76. The molecule has 2 heterocycles. The van der Waals surface area contributed by atoms with Gasteiger partial charge in [-0.25, -0.2) is 18.2 Å². The highest BCUT2D eigenvalue weighted by Gasteiger charge is 2.48. The maximum absolute atomic E-state index is 12.5. The summed E-state index contributed by atoms with van der Waals surface area (Å²) < 4.78 is 27.6. The molecule has 10 heteroatoms. The van der Waals surface area contributed by atoms with E-state index in [1.54, 1.807) is 17.0 Å². The molecule has 8 nitrogen and oxygen atoms in total. The molecule has 174 valence electrons. The van der Waals surface area contributed by atoms with Gasteiger partial charge < -0.3 is 5.11 Å². The van der Waals surface area contributed by atoms with E-state index in [4.69, 9.17) is 11.6 Å². The van der Waals surface area contributed by atoms with Crippen LogP contribution in [0.4, 0.5) is 10.5 Å². The van der Waals surface area contributed by atoms with Crippen molar-refractivity contribution in [3.8, 4) is 0 Å². The predicted molar refractivity (Wildman–Crippen MR) is 124 cm³/mol. The van der Waals surface area contributed by atoms with E-state index in [1.165, 1.54) is 18.3 Å². The van der Waals surface area contributed by atoms with Crippen LogP contribution in [-0.2, 0) is 16.6 Å². The first-order valence-corrected chi connectivity index (χ1v) is 12.1. The molecular weight excluding hydrogens is 452 g/mol. The van der Waals surface area contributed by atoms with Gasteiger partial charge in [-0.05, 0) is 42.2 Å². The number of nitrogens with zero attached hydrogens (tertiary/aromatic N) is 3. The Hall–Kier alpha value is -2.36. The molecule has 0 aliphatic carbocycles. The number of carbonyl (C=O) groups is 1. The lowest BCUT2D eigenvalue weighted by Crippen LogP contribution is -2.67. The summed E-state index contributed by atoms with van der Waals surface area (Å²) in [4.78, 5) is 19.4. The highest BCUT2D eigenvalue weighted by atomic mass is 35.5. The summed E-state index contributed by atoms with van der Waals surface area (Å²) >= 11 is 5.72. The van der Waals surface area contributed by atoms with Crippen LogP contribution in [0.25, 0.3) is 0 Å². The van der Waals surface area contributed by atoms with Crippen molar-refractivity contribution in [2.45, 2.75) is 44.7 Å². The van der Waals surface area contributed by atoms with Crippen molar-refractivity contribution in [2.75, 3.05) is 24.4 Å². The van der Waals surface area contributed by atoms with Gasteiger partial charge in [0.1, 0.15) is 10.0 Å². The molecule has 1 aromatic carbocycles. The zero-order chi connectivity index (χ0) is 23.7. The topological polar surface area (TPSA) is 103 Å². The van der Waals surface area contributed by atoms with Crippen molar-refractivity contribution < 1.29 is 18.3 Å². The summed E-state index contributed by atoms with van der Waals surface area (Å²) in [5.41, 5.74) is 0.696. The summed E-state index contributed by atoms with van der Waals surface area (Å²) in [7, 11) is -3.76. The maximum Gasteiger partial charge on any atom is 0.407 e. The Kier molecular flexibility index (Phi) is 6.74. The second-order valence-electron chi connectivity index (χ2n) is 9.29. The fourth-order valence-corrected chi connectivity index (χ4v) is 4.96. The van der Waals surface area contributed by atoms with E-state index in [0.29, 0.717) is 31.9 Å². The van der Waals surface area contributed by atoms with Crippen LogP contribution in [0.15, 0.2) is 47.5 Å². The SMILES string of the molecule is CC(C)(C)[C@@]1(C)CN(Cc2ccc(NS(=O)(=O)c3ccc(Cl)nc3)cc2)CCN1C(=O)O. The second kappa shape index (κ2) is 8.88. The fourth-order valence-electron chi connectivity index (χ4n) is 3.84. The van der Waals surface area contributed by atoms with Crippen LogP contribution in [0.5, 0.6) is 0 Å². The van der Waals surface area contributed by atoms with E-state index in [9.17, 15) is 18.3 Å². The standard InChI is InChI=1S/C22H29ClN4O4S/c1-21(2,3)22(4)15-26(11-12-27(22)20(28)29)14-16-5-7-17(8-6-16)25-32(30,31)18-9-10-19(23)24-13-18/h5-10,13,25H,11-12,14-15H2,1-4H3,(H,28,29)/t22-/m1/s1. The molecule has 0 saturated carbocycles. The molecular formula is C22H29ClN4O4S. The van der Waals surface area contributed by atoms with Crippen LogP contribution in [0.3, 0.4) is 0 Å². The van der Waals surface area contributed by atoms with Crippen LogP contribution < -0.4 is 4.72 Å². The maximum atomic E-state index is 12.5. The number of sulfonamides is 1. The van der Waals surface area contributed by atoms with E-state index in [0.717, 1.165) is 5.56 Å². The quantitative estimate of drug-likeness (QED) is 0.623. The zero-order valence-corrected chi connectivity index (χ0v) is 20.2. The molecule has 3 rings (SSSR count). The third-order valence-electron chi connectivity index (χ3n) is 6.24. The number of piperazine rings is 1. The molecule has 1 saturated heterocycles. The number of carboxylic acid groups (broad SMARTS) is 1. The Morgan fingerprint density at radius 2 is 1.84 bits per heavy atom. The van der Waals surface area contributed by atoms with Gasteiger partial charge >= 0.3 is 6.09 Å². The molecule has 0 radical (unpaired) electrons. The Balaban J connectivity index is 1.69. The molecule has 1 fully saturated rings. The number of hydrogen-bond donors (Lipinski definition) is 2. The van der Waals surface area contributed by atoms with Gasteiger partial charge in [-0.1, -0.05) is 44.5 Å². The third-order valence-corrected chi connectivity index (χ3v) is 7.83. The summed E-state index contributed by atoms with van der Waals surface area (Å²) in [6, 6.07) is 10.00. The average Bonchev–Trinajstić information content (AvgIpc) is 2.68. The van der Waals surface area contributed by atoms with Gasteiger partial charge in [0, 0.05) is 38.1 Å². The lowest BCUT2D eigenvalue weighted by molar-refractivity contribution is -0.0461. The Morgan fingerprint density at radius 1 is 1.19 bits per heavy atom. The van der Waals surface area contributed by atoms with Crippen LogP contribution in [0, 0.1) is 5.41 Å². The van der Waals surface area contributed by atoms with Gasteiger partial charge in [0.15, 0.2) is 0 Å². The minimum Gasteiger partial charge on any atom is -0.465 e. The van der Waals surface area contributed by atoms with Crippen molar-refractivity contribution in [1.29, 1.82) is 0 Å². The Bertz CT molecular complexity index is 1070. The molecule has 1 atom stereocenters. The molecule has 32 heavy (non-hydrogen) atoms. The van der Waals surface area contributed by atoms with Gasteiger partial charge in [-0.3, -0.25) is 14.5 Å². The van der Waals surface area contributed by atoms with E-state index in [2.05, 4.69) is 35.4 Å². The number of pyridine rings is 1. The van der Waals surface area contributed by atoms with Gasteiger partial charge in [0.25, 0.3) is 10.0 Å². The lowest BCUT2D eigenvalue weighted by Gasteiger charge is -2.54. The highest BCUT2D eigenvalue weighted by molar-refractivity contribution is 7.92. The average molecular weight is 481 g/mol. The summed E-state index contributed by atoms with van der Waals surface area (Å²) in [6.07, 6.45) is 0.316. The predicted octanol–water partition coefficient (Wildman–Crippen LogP) is 4.14. The number of hydrogen-bond acceptors (Lipinski definition) is 5. The van der Waals surface area contributed by atoms with Gasteiger partial charge in [0.2, 0.25) is 0 Å². The number of benzene rings is 1. The molecule has 0 unspecified atom stereocenters. The summed E-state index contributed by atoms with van der Waals surface area (Å²) in [5.74, 6) is 0. The molecule has 2 aromatic rings. The minimum absolute atomic E-state index is 0.0312. The molecule has 1 aliphatic rings. The smallest absolute Gasteiger partial charge is 0.407 e. The van der Waals surface area contributed by atoms with E-state index >= 15 is 0 Å². The third kappa shape index (κ3) is 5.16. The Morgan fingerprint density at radius 3 is 2.38 bits per heavy atom. The van der Waals surface area contributed by atoms with E-state index < -0.39 is 21.7 Å². The number of halogens is 1. The van der Waals surface area contributed by atoms with Gasteiger partial charge in [-0.2, -0.15) is 0 Å². The Labute approximate surface area is 194 Å². The lowest BCUT2D eigenvalue weighted by atomic mass is 9.72. The van der Waals surface area contributed by atoms with Crippen LogP contribution in [-0.4, -0.2) is 59.6 Å². The van der Waals surface area contributed by atoms with Crippen molar-refractivity contribution in [2.24, 2.45) is 5.41 Å². The summed E-state index contributed by atoms with van der Waals surface area (Å²) in [6.45, 7) is 10.5. The van der Waals surface area contributed by atoms with Crippen LogP contribution in [0.1, 0.15) is 33.3 Å². The first-order valence-electron chi connectivity index (χ1n) is 10.3. The van der Waals surface area contributed by atoms with Gasteiger partial charge in [0.05, 0.1) is 5.54 Å². The molecule has 2 N–H and O–H groups in total. The van der Waals surface area contributed by atoms with E-state index in [1.807, 2.05) is 19.1 Å². The monoisotopic (exact) mass is 480 g/mol. The fraction of sp³-hybridized carbons (Fsp3) is 0.455.